The van der Waals surface area contributed by atoms with Gasteiger partial charge in [-0.3, -0.25) is 15.0 Å². The molecular formula is C20H20N4O3S. The normalized spacial score (nSPS) is 16.8. The fraction of sp³-hybridized carbons (Fsp3) is 0.250. The number of thiazole rings is 1. The number of nitrogens with zero attached hydrogens (tertiary/aromatic N) is 2. The number of aromatic nitrogens is 1. The summed E-state index contributed by atoms with van der Waals surface area (Å²) in [7, 11) is 0. The molecule has 0 spiro atoms. The molecule has 1 aliphatic rings. The number of hydrogen-bond donors (Lipinski definition) is 2. The predicted molar refractivity (Wildman–Crippen MR) is 110 cm³/mol. The minimum atomic E-state index is -0.643. The van der Waals surface area contributed by atoms with E-state index in [1.807, 2.05) is 31.2 Å². The van der Waals surface area contributed by atoms with Crippen molar-refractivity contribution in [3.63, 3.8) is 0 Å². The average molecular weight is 396 g/mol. The molecule has 4 rings (SSSR count). The zero-order valence-corrected chi connectivity index (χ0v) is 16.2. The van der Waals surface area contributed by atoms with Crippen LogP contribution in [0, 0.1) is 0 Å². The van der Waals surface area contributed by atoms with Gasteiger partial charge in [0.2, 0.25) is 5.91 Å². The van der Waals surface area contributed by atoms with Gasteiger partial charge in [0.15, 0.2) is 5.13 Å². The lowest BCUT2D eigenvalue weighted by Gasteiger charge is -2.16. The fourth-order valence-electron chi connectivity index (χ4n) is 3.00. The molecule has 8 heteroatoms. The minimum absolute atomic E-state index is 0.0881. The summed E-state index contributed by atoms with van der Waals surface area (Å²) >= 11 is 1.48. The molecule has 1 aliphatic heterocycles. The number of fused-ring (bicyclic) bond motifs is 1. The van der Waals surface area contributed by atoms with Crippen molar-refractivity contribution in [1.29, 1.82) is 0 Å². The highest BCUT2D eigenvalue weighted by Gasteiger charge is 2.39. The number of hydrazine groups is 1. The SMILES string of the molecule is CCCOc1ccc(N2C(=O)C[C@@H](NNc3nc4ccccc4s3)C2=O)cc1. The van der Waals surface area contributed by atoms with E-state index in [9.17, 15) is 9.59 Å². The average Bonchev–Trinajstić information content (AvgIpc) is 3.25. The Morgan fingerprint density at radius 2 is 1.96 bits per heavy atom. The van der Waals surface area contributed by atoms with Gasteiger partial charge >= 0.3 is 0 Å². The summed E-state index contributed by atoms with van der Waals surface area (Å²) in [5, 5.41) is 0.650. The van der Waals surface area contributed by atoms with E-state index in [1.54, 1.807) is 24.3 Å². The van der Waals surface area contributed by atoms with Crippen molar-refractivity contribution in [3.8, 4) is 5.75 Å². The van der Waals surface area contributed by atoms with Crippen LogP contribution >= 0.6 is 11.3 Å². The van der Waals surface area contributed by atoms with Gasteiger partial charge in [0.05, 0.1) is 28.9 Å². The van der Waals surface area contributed by atoms with Crippen molar-refractivity contribution >= 4 is 44.2 Å². The molecule has 1 aromatic heterocycles. The number of benzene rings is 2. The van der Waals surface area contributed by atoms with Crippen LogP contribution < -0.4 is 20.5 Å². The van der Waals surface area contributed by atoms with Gasteiger partial charge in [-0.2, -0.15) is 0 Å². The molecule has 0 unspecified atom stereocenters. The van der Waals surface area contributed by atoms with Crippen molar-refractivity contribution < 1.29 is 14.3 Å². The second kappa shape index (κ2) is 7.95. The number of hydrogen-bond acceptors (Lipinski definition) is 7. The summed E-state index contributed by atoms with van der Waals surface area (Å²) in [6.45, 7) is 2.66. The van der Waals surface area contributed by atoms with E-state index < -0.39 is 6.04 Å². The van der Waals surface area contributed by atoms with E-state index in [1.165, 1.54) is 16.2 Å². The first kappa shape index (κ1) is 18.4. The highest BCUT2D eigenvalue weighted by atomic mass is 32.1. The Balaban J connectivity index is 1.41. The monoisotopic (exact) mass is 396 g/mol. The molecule has 0 bridgehead atoms. The van der Waals surface area contributed by atoms with E-state index in [0.29, 0.717) is 17.4 Å². The van der Waals surface area contributed by atoms with Crippen LogP contribution in [0.3, 0.4) is 0 Å². The Kier molecular flexibility index (Phi) is 5.23. The second-order valence-electron chi connectivity index (χ2n) is 6.42. The van der Waals surface area contributed by atoms with Gasteiger partial charge in [-0.05, 0) is 42.8 Å². The molecule has 28 heavy (non-hydrogen) atoms. The van der Waals surface area contributed by atoms with E-state index in [4.69, 9.17) is 4.74 Å². The molecule has 2 heterocycles. The number of imide groups is 1. The Bertz CT molecular complexity index is 969. The van der Waals surface area contributed by atoms with Gasteiger partial charge in [0, 0.05) is 0 Å². The molecule has 2 N–H and O–H groups in total. The van der Waals surface area contributed by atoms with Gasteiger partial charge in [0.25, 0.3) is 5.91 Å². The van der Waals surface area contributed by atoms with Crippen molar-refractivity contribution in [2.45, 2.75) is 25.8 Å². The molecule has 0 radical (unpaired) electrons. The number of carbonyl (C=O) groups is 2. The maximum absolute atomic E-state index is 12.7. The summed E-state index contributed by atoms with van der Waals surface area (Å²) in [6, 6.07) is 14.1. The molecule has 1 fully saturated rings. The number of carbonyl (C=O) groups excluding carboxylic acids is 2. The summed E-state index contributed by atoms with van der Waals surface area (Å²) in [4.78, 5) is 30.8. The van der Waals surface area contributed by atoms with Gasteiger partial charge in [-0.15, -0.1) is 0 Å². The van der Waals surface area contributed by atoms with Gasteiger partial charge < -0.3 is 4.74 Å². The van der Waals surface area contributed by atoms with Crippen LogP contribution in [0.5, 0.6) is 5.75 Å². The highest BCUT2D eigenvalue weighted by Crippen LogP contribution is 2.27. The van der Waals surface area contributed by atoms with Gasteiger partial charge in [-0.25, -0.2) is 15.3 Å². The van der Waals surface area contributed by atoms with Crippen LogP contribution in [0.1, 0.15) is 19.8 Å². The summed E-state index contributed by atoms with van der Waals surface area (Å²) in [5.41, 5.74) is 7.34. The Morgan fingerprint density at radius 3 is 2.71 bits per heavy atom. The third kappa shape index (κ3) is 3.69. The first-order chi connectivity index (χ1) is 13.7. The van der Waals surface area contributed by atoms with Crippen molar-refractivity contribution in [2.75, 3.05) is 16.9 Å². The number of anilines is 2. The Hall–Kier alpha value is -2.97. The predicted octanol–water partition coefficient (Wildman–Crippen LogP) is 3.33. The topological polar surface area (TPSA) is 83.6 Å². The zero-order chi connectivity index (χ0) is 19.5. The summed E-state index contributed by atoms with van der Waals surface area (Å²) in [5.74, 6) is 0.188. The van der Waals surface area contributed by atoms with Crippen molar-refractivity contribution in [2.24, 2.45) is 0 Å². The first-order valence-corrected chi connectivity index (χ1v) is 9.94. The van der Waals surface area contributed by atoms with E-state index in [2.05, 4.69) is 15.8 Å². The Morgan fingerprint density at radius 1 is 1.18 bits per heavy atom. The largest absolute Gasteiger partial charge is 0.494 e. The molecule has 1 saturated heterocycles. The quantitative estimate of drug-likeness (QED) is 0.471. The molecule has 0 aliphatic carbocycles. The number of ether oxygens (including phenoxy) is 1. The number of para-hydroxylation sites is 1. The van der Waals surface area contributed by atoms with Crippen LogP contribution in [0.25, 0.3) is 10.2 Å². The molecule has 3 aromatic rings. The third-order valence-corrected chi connectivity index (χ3v) is 5.31. The zero-order valence-electron chi connectivity index (χ0n) is 15.3. The maximum atomic E-state index is 12.7. The number of amides is 2. The smallest absolute Gasteiger partial charge is 0.253 e. The van der Waals surface area contributed by atoms with Crippen LogP contribution in [-0.4, -0.2) is 29.4 Å². The second-order valence-corrected chi connectivity index (χ2v) is 7.45. The molecule has 144 valence electrons. The lowest BCUT2D eigenvalue weighted by molar-refractivity contribution is -0.121. The van der Waals surface area contributed by atoms with Crippen molar-refractivity contribution in [3.05, 3.63) is 48.5 Å². The lowest BCUT2D eigenvalue weighted by atomic mass is 10.2. The van der Waals surface area contributed by atoms with E-state index >= 15 is 0 Å². The van der Waals surface area contributed by atoms with Crippen LogP contribution in [-0.2, 0) is 9.59 Å². The molecule has 0 saturated carbocycles. The summed E-state index contributed by atoms with van der Waals surface area (Å²) < 4.78 is 6.59. The molecule has 2 aromatic carbocycles. The molecular weight excluding hydrogens is 376 g/mol. The minimum Gasteiger partial charge on any atom is -0.494 e. The van der Waals surface area contributed by atoms with Crippen LogP contribution in [0.4, 0.5) is 10.8 Å². The van der Waals surface area contributed by atoms with Gasteiger partial charge in [0.1, 0.15) is 11.8 Å². The number of rotatable bonds is 7. The standard InChI is InChI=1S/C20H20N4O3S/c1-2-11-27-14-9-7-13(8-10-14)24-18(25)12-16(19(24)26)22-23-20-21-15-5-3-4-6-17(15)28-20/h3-10,16,22H,2,11-12H2,1H3,(H,21,23)/t16-/m1/s1. The molecule has 2 amide bonds. The van der Waals surface area contributed by atoms with E-state index in [-0.39, 0.29) is 18.2 Å². The summed E-state index contributed by atoms with van der Waals surface area (Å²) in [6.07, 6.45) is 1.00. The maximum Gasteiger partial charge on any atom is 0.253 e. The van der Waals surface area contributed by atoms with E-state index in [0.717, 1.165) is 22.4 Å². The third-order valence-electron chi connectivity index (χ3n) is 4.36. The Labute approximate surface area is 166 Å². The fourth-order valence-corrected chi connectivity index (χ4v) is 3.83. The van der Waals surface area contributed by atoms with Crippen LogP contribution in [0.2, 0.25) is 0 Å². The van der Waals surface area contributed by atoms with Gasteiger partial charge in [-0.1, -0.05) is 30.4 Å². The van der Waals surface area contributed by atoms with Crippen LogP contribution in [0.15, 0.2) is 48.5 Å². The lowest BCUT2D eigenvalue weighted by Crippen LogP contribution is -2.41. The molecule has 1 atom stereocenters. The van der Waals surface area contributed by atoms with Crippen molar-refractivity contribution in [1.82, 2.24) is 10.4 Å². The number of nitrogens with one attached hydrogen (secondary N) is 2. The molecule has 7 nitrogen and oxygen atoms in total. The highest BCUT2D eigenvalue weighted by molar-refractivity contribution is 7.22. The first-order valence-electron chi connectivity index (χ1n) is 9.12.